The standard InChI is InChI=1S/C16H25N3O/c1-16(2,11-19(3)4)10-17-15(20)14-9-12-7-5-6-8-13(12)18-14/h5-8,14,18H,9-11H2,1-4H3,(H,17,20). The SMILES string of the molecule is CN(C)CC(C)(C)CNC(=O)C1Cc2ccccc2N1. The van der Waals surface area contributed by atoms with Crippen LogP contribution in [0.25, 0.3) is 0 Å². The van der Waals surface area contributed by atoms with E-state index in [1.54, 1.807) is 0 Å². The summed E-state index contributed by atoms with van der Waals surface area (Å²) in [6.45, 7) is 5.98. The Balaban J connectivity index is 1.85. The third-order valence-electron chi connectivity index (χ3n) is 3.57. The number of nitrogens with zero attached hydrogens (tertiary/aromatic N) is 1. The van der Waals surface area contributed by atoms with Crippen LogP contribution in [0.1, 0.15) is 19.4 Å². The van der Waals surface area contributed by atoms with Crippen LogP contribution >= 0.6 is 0 Å². The lowest BCUT2D eigenvalue weighted by atomic mass is 9.93. The van der Waals surface area contributed by atoms with Crippen LogP contribution in [0.4, 0.5) is 5.69 Å². The minimum Gasteiger partial charge on any atom is -0.373 e. The van der Waals surface area contributed by atoms with Crippen LogP contribution in [-0.4, -0.2) is 44.0 Å². The minimum absolute atomic E-state index is 0.0740. The van der Waals surface area contributed by atoms with Crippen LogP contribution in [0.2, 0.25) is 0 Å². The van der Waals surface area contributed by atoms with E-state index in [1.807, 2.05) is 18.2 Å². The molecule has 1 heterocycles. The molecular formula is C16H25N3O. The van der Waals surface area contributed by atoms with Gasteiger partial charge in [0.05, 0.1) is 0 Å². The van der Waals surface area contributed by atoms with Gasteiger partial charge in [-0.3, -0.25) is 4.79 Å². The van der Waals surface area contributed by atoms with Gasteiger partial charge in [-0.2, -0.15) is 0 Å². The molecule has 1 atom stereocenters. The molecule has 1 unspecified atom stereocenters. The monoisotopic (exact) mass is 275 g/mol. The Morgan fingerprint density at radius 3 is 2.75 bits per heavy atom. The molecule has 0 saturated heterocycles. The van der Waals surface area contributed by atoms with Gasteiger partial charge >= 0.3 is 0 Å². The van der Waals surface area contributed by atoms with E-state index < -0.39 is 0 Å². The largest absolute Gasteiger partial charge is 0.373 e. The number of fused-ring (bicyclic) bond motifs is 1. The van der Waals surface area contributed by atoms with E-state index in [9.17, 15) is 4.79 Å². The molecule has 20 heavy (non-hydrogen) atoms. The van der Waals surface area contributed by atoms with Crippen LogP contribution < -0.4 is 10.6 Å². The molecule has 4 heteroatoms. The molecule has 0 bridgehead atoms. The second-order valence-corrected chi connectivity index (χ2v) is 6.68. The van der Waals surface area contributed by atoms with Gasteiger partial charge in [-0.15, -0.1) is 0 Å². The summed E-state index contributed by atoms with van der Waals surface area (Å²) in [5.41, 5.74) is 2.38. The molecule has 110 valence electrons. The van der Waals surface area contributed by atoms with Crippen molar-refractivity contribution in [1.82, 2.24) is 10.2 Å². The smallest absolute Gasteiger partial charge is 0.242 e. The highest BCUT2D eigenvalue weighted by molar-refractivity contribution is 5.87. The Labute approximate surface area is 121 Å². The summed E-state index contributed by atoms with van der Waals surface area (Å²) in [5, 5.41) is 6.37. The number of carbonyl (C=O) groups is 1. The lowest BCUT2D eigenvalue weighted by Crippen LogP contribution is -2.45. The molecule has 1 aliphatic rings. The predicted octanol–water partition coefficient (Wildman–Crippen LogP) is 1.73. The molecule has 1 amide bonds. The highest BCUT2D eigenvalue weighted by Crippen LogP contribution is 2.25. The fourth-order valence-electron chi connectivity index (χ4n) is 2.82. The second-order valence-electron chi connectivity index (χ2n) is 6.68. The zero-order valence-corrected chi connectivity index (χ0v) is 12.9. The first kappa shape index (κ1) is 14.9. The van der Waals surface area contributed by atoms with E-state index in [1.165, 1.54) is 5.56 Å². The van der Waals surface area contributed by atoms with E-state index in [-0.39, 0.29) is 17.4 Å². The zero-order valence-electron chi connectivity index (χ0n) is 12.9. The number of anilines is 1. The topological polar surface area (TPSA) is 44.4 Å². The van der Waals surface area contributed by atoms with Gasteiger partial charge in [-0.1, -0.05) is 32.0 Å². The van der Waals surface area contributed by atoms with E-state index in [2.05, 4.69) is 49.5 Å². The highest BCUT2D eigenvalue weighted by Gasteiger charge is 2.28. The molecule has 4 nitrogen and oxygen atoms in total. The summed E-state index contributed by atoms with van der Waals surface area (Å²) in [6.07, 6.45) is 0.774. The van der Waals surface area contributed by atoms with Gasteiger partial charge in [-0.25, -0.2) is 0 Å². The Morgan fingerprint density at radius 1 is 1.40 bits per heavy atom. The van der Waals surface area contributed by atoms with E-state index in [0.717, 1.165) is 18.7 Å². The molecule has 1 aromatic rings. The van der Waals surface area contributed by atoms with Gasteiger partial charge in [-0.05, 0) is 31.1 Å². The summed E-state index contributed by atoms with van der Waals surface area (Å²) in [4.78, 5) is 14.4. The van der Waals surface area contributed by atoms with Gasteiger partial charge in [0, 0.05) is 25.2 Å². The number of hydrogen-bond donors (Lipinski definition) is 2. The molecule has 1 aliphatic heterocycles. The first-order valence-electron chi connectivity index (χ1n) is 7.14. The molecule has 2 N–H and O–H groups in total. The van der Waals surface area contributed by atoms with Crippen molar-refractivity contribution in [3.63, 3.8) is 0 Å². The molecule has 2 rings (SSSR count). The molecule has 0 saturated carbocycles. The summed E-state index contributed by atoms with van der Waals surface area (Å²) >= 11 is 0. The Bertz CT molecular complexity index is 457. The number of benzene rings is 1. The lowest BCUT2D eigenvalue weighted by molar-refractivity contribution is -0.122. The maximum Gasteiger partial charge on any atom is 0.242 e. The van der Waals surface area contributed by atoms with Crippen LogP contribution in [0.3, 0.4) is 0 Å². The number of para-hydroxylation sites is 1. The Kier molecular flexibility index (Phi) is 4.33. The predicted molar refractivity (Wildman–Crippen MR) is 82.9 cm³/mol. The first-order valence-corrected chi connectivity index (χ1v) is 7.14. The molecule has 0 aliphatic carbocycles. The van der Waals surface area contributed by atoms with Crippen molar-refractivity contribution < 1.29 is 4.79 Å². The van der Waals surface area contributed by atoms with Crippen molar-refractivity contribution in [3.8, 4) is 0 Å². The third kappa shape index (κ3) is 3.73. The van der Waals surface area contributed by atoms with Gasteiger partial charge < -0.3 is 15.5 Å². The summed E-state index contributed by atoms with van der Waals surface area (Å²) in [7, 11) is 4.11. The summed E-state index contributed by atoms with van der Waals surface area (Å²) < 4.78 is 0. The van der Waals surface area contributed by atoms with Crippen LogP contribution in [0.5, 0.6) is 0 Å². The minimum atomic E-state index is -0.137. The van der Waals surface area contributed by atoms with E-state index in [0.29, 0.717) is 6.54 Å². The van der Waals surface area contributed by atoms with Crippen molar-refractivity contribution >= 4 is 11.6 Å². The number of nitrogens with one attached hydrogen (secondary N) is 2. The average Bonchev–Trinajstić information content (AvgIpc) is 2.78. The van der Waals surface area contributed by atoms with Gasteiger partial charge in [0.1, 0.15) is 6.04 Å². The Hall–Kier alpha value is -1.55. The van der Waals surface area contributed by atoms with Crippen molar-refractivity contribution in [2.24, 2.45) is 5.41 Å². The average molecular weight is 275 g/mol. The number of amides is 1. The van der Waals surface area contributed by atoms with Crippen molar-refractivity contribution in [3.05, 3.63) is 29.8 Å². The number of rotatable bonds is 5. The van der Waals surface area contributed by atoms with Gasteiger partial charge in [0.2, 0.25) is 5.91 Å². The van der Waals surface area contributed by atoms with Crippen molar-refractivity contribution in [1.29, 1.82) is 0 Å². The normalized spacial score (nSPS) is 17.8. The second kappa shape index (κ2) is 5.83. The fraction of sp³-hybridized carbons (Fsp3) is 0.562. The molecule has 0 fully saturated rings. The summed E-state index contributed by atoms with van der Waals surface area (Å²) in [5.74, 6) is 0.0908. The number of carbonyl (C=O) groups excluding carboxylic acids is 1. The first-order chi connectivity index (χ1) is 9.37. The van der Waals surface area contributed by atoms with Crippen molar-refractivity contribution in [2.45, 2.75) is 26.3 Å². The van der Waals surface area contributed by atoms with E-state index >= 15 is 0 Å². The maximum absolute atomic E-state index is 12.3. The molecule has 0 aromatic heterocycles. The molecule has 0 radical (unpaired) electrons. The molecular weight excluding hydrogens is 250 g/mol. The van der Waals surface area contributed by atoms with Crippen molar-refractivity contribution in [2.75, 3.05) is 32.5 Å². The quantitative estimate of drug-likeness (QED) is 0.860. The lowest BCUT2D eigenvalue weighted by Gasteiger charge is -2.29. The van der Waals surface area contributed by atoms with Crippen LogP contribution in [-0.2, 0) is 11.2 Å². The highest BCUT2D eigenvalue weighted by atomic mass is 16.2. The fourth-order valence-corrected chi connectivity index (χ4v) is 2.82. The molecule has 0 spiro atoms. The zero-order chi connectivity index (χ0) is 14.8. The Morgan fingerprint density at radius 2 is 2.10 bits per heavy atom. The third-order valence-corrected chi connectivity index (χ3v) is 3.57. The maximum atomic E-state index is 12.3. The van der Waals surface area contributed by atoms with Gasteiger partial charge in [0.25, 0.3) is 0 Å². The van der Waals surface area contributed by atoms with E-state index in [4.69, 9.17) is 0 Å². The molecule has 1 aromatic carbocycles. The van der Waals surface area contributed by atoms with Gasteiger partial charge in [0.15, 0.2) is 0 Å². The number of hydrogen-bond acceptors (Lipinski definition) is 3. The van der Waals surface area contributed by atoms with Crippen LogP contribution in [0.15, 0.2) is 24.3 Å². The van der Waals surface area contributed by atoms with Crippen LogP contribution in [0, 0.1) is 5.41 Å². The summed E-state index contributed by atoms with van der Waals surface area (Å²) in [6, 6.07) is 7.97.